The van der Waals surface area contributed by atoms with Crippen LogP contribution in [0.15, 0.2) is 279 Å². The second-order valence-electron chi connectivity index (χ2n) is 18.1. The van der Waals surface area contributed by atoms with E-state index in [1.54, 1.807) is 0 Å². The molecule has 0 aliphatic carbocycles. The molecule has 12 aromatic carbocycles. The minimum absolute atomic E-state index is 1.07. The second-order valence-corrected chi connectivity index (χ2v) is 19.1. The molecule has 0 fully saturated rings. The fourth-order valence-electron chi connectivity index (χ4n) is 10.5. The van der Waals surface area contributed by atoms with Gasteiger partial charge >= 0.3 is 0 Å². The molecule has 3 heteroatoms. The van der Waals surface area contributed by atoms with E-state index in [1.807, 2.05) is 11.3 Å². The smallest absolute Gasteiger partial charge is 0.0555 e. The summed E-state index contributed by atoms with van der Waals surface area (Å²) >= 11 is 1.85. The molecule has 1 heterocycles. The molecule has 0 N–H and O–H groups in total. The minimum Gasteiger partial charge on any atom is -0.310 e. The van der Waals surface area contributed by atoms with Crippen LogP contribution in [0.5, 0.6) is 0 Å². The van der Waals surface area contributed by atoms with Crippen LogP contribution in [0.4, 0.5) is 34.1 Å². The van der Waals surface area contributed by atoms with Gasteiger partial charge in [-0.2, -0.15) is 0 Å². The van der Waals surface area contributed by atoms with Crippen LogP contribution in [-0.2, 0) is 0 Å². The third kappa shape index (κ3) is 7.79. The number of fused-ring (bicyclic) bond motifs is 5. The topological polar surface area (TPSA) is 6.48 Å². The maximum atomic E-state index is 2.49. The van der Waals surface area contributed by atoms with Crippen LogP contribution in [-0.4, -0.2) is 0 Å². The van der Waals surface area contributed by atoms with Gasteiger partial charge in [-0.05, 0) is 128 Å². The maximum absolute atomic E-state index is 2.49. The van der Waals surface area contributed by atoms with E-state index in [0.717, 1.165) is 45.3 Å². The highest BCUT2D eigenvalue weighted by Crippen LogP contribution is 2.50. The molecule has 1 aromatic heterocycles. The van der Waals surface area contributed by atoms with E-state index in [1.165, 1.54) is 75.1 Å². The number of benzene rings is 12. The van der Waals surface area contributed by atoms with Crippen molar-refractivity contribution in [2.45, 2.75) is 0 Å². The SMILES string of the molecule is c1ccc(-c2cccc(N(c3ccccc3-c3ccccc3N(c3ccc(-c4ccc5ccccc5c4)cc3)c3ccc(-c4cccc5ccccc45)cc3)c3cccc4sc5ccccc5c34)c2)cc1. The lowest BCUT2D eigenvalue weighted by molar-refractivity contribution is 1.27. The van der Waals surface area contributed by atoms with Crippen molar-refractivity contribution in [3.05, 3.63) is 279 Å². The zero-order chi connectivity index (χ0) is 47.1. The van der Waals surface area contributed by atoms with Gasteiger partial charge in [0, 0.05) is 48.4 Å². The first-order valence-electron chi connectivity index (χ1n) is 24.2. The van der Waals surface area contributed by atoms with Gasteiger partial charge in [-0.3, -0.25) is 0 Å². The lowest BCUT2D eigenvalue weighted by Gasteiger charge is -2.31. The van der Waals surface area contributed by atoms with E-state index in [9.17, 15) is 0 Å². The monoisotopic (exact) mass is 922 g/mol. The average Bonchev–Trinajstić information content (AvgIpc) is 3.84. The predicted octanol–water partition coefficient (Wildman–Crippen LogP) is 20.0. The first-order chi connectivity index (χ1) is 35.2. The van der Waals surface area contributed by atoms with Gasteiger partial charge in [0.25, 0.3) is 0 Å². The van der Waals surface area contributed by atoms with Crippen LogP contribution in [0.3, 0.4) is 0 Å². The average molecular weight is 923 g/mol. The van der Waals surface area contributed by atoms with Crippen molar-refractivity contribution in [1.29, 1.82) is 0 Å². The van der Waals surface area contributed by atoms with Gasteiger partial charge in [0.15, 0.2) is 0 Å². The zero-order valence-corrected chi connectivity index (χ0v) is 39.7. The molecule has 0 atom stereocenters. The lowest BCUT2D eigenvalue weighted by Crippen LogP contribution is -2.14. The van der Waals surface area contributed by atoms with Gasteiger partial charge in [-0.15, -0.1) is 11.3 Å². The Labute approximate surface area is 418 Å². The fourth-order valence-corrected chi connectivity index (χ4v) is 11.6. The van der Waals surface area contributed by atoms with Crippen molar-refractivity contribution in [3.63, 3.8) is 0 Å². The number of nitrogens with zero attached hydrogens (tertiary/aromatic N) is 2. The Morgan fingerprint density at radius 3 is 1.51 bits per heavy atom. The summed E-state index contributed by atoms with van der Waals surface area (Å²) in [5, 5.41) is 7.47. The molecule has 13 rings (SSSR count). The standard InChI is InChI=1S/C68H46N2S/c1-2-17-47(18-3-1)53-23-14-24-57(46-53)70(65-32-16-34-67-68(65)62-28-10-13-33-66(62)71-67)64-31-12-9-27-61(64)60-26-8-11-30-63(60)69(55-41-37-49(38-42-55)54-36-35-48-19-4-5-21-52(48)45-54)56-43-39-51(40-44-56)59-29-15-22-50-20-6-7-25-58(50)59/h1-46H. The van der Waals surface area contributed by atoms with Gasteiger partial charge in [-0.25, -0.2) is 0 Å². The van der Waals surface area contributed by atoms with E-state index in [-0.39, 0.29) is 0 Å². The molecule has 71 heavy (non-hydrogen) atoms. The van der Waals surface area contributed by atoms with Crippen molar-refractivity contribution in [2.75, 3.05) is 9.80 Å². The van der Waals surface area contributed by atoms with Crippen LogP contribution >= 0.6 is 11.3 Å². The number of para-hydroxylation sites is 2. The number of thiophene rings is 1. The largest absolute Gasteiger partial charge is 0.310 e. The van der Waals surface area contributed by atoms with Crippen molar-refractivity contribution >= 4 is 87.2 Å². The Kier molecular flexibility index (Phi) is 10.8. The molecule has 0 spiro atoms. The Morgan fingerprint density at radius 2 is 0.732 bits per heavy atom. The van der Waals surface area contributed by atoms with Crippen LogP contribution in [0.25, 0.3) is 86.2 Å². The Hall–Kier alpha value is -9.02. The van der Waals surface area contributed by atoms with E-state index in [4.69, 9.17) is 0 Å². The van der Waals surface area contributed by atoms with Crippen molar-refractivity contribution < 1.29 is 0 Å². The molecule has 0 radical (unpaired) electrons. The zero-order valence-electron chi connectivity index (χ0n) is 38.9. The first-order valence-corrected chi connectivity index (χ1v) is 25.1. The number of hydrogen-bond donors (Lipinski definition) is 0. The molecule has 0 amide bonds. The molecule has 0 bridgehead atoms. The van der Waals surface area contributed by atoms with E-state index in [0.29, 0.717) is 0 Å². The quantitative estimate of drug-likeness (QED) is 0.135. The second kappa shape index (κ2) is 18.1. The van der Waals surface area contributed by atoms with Gasteiger partial charge in [0.05, 0.1) is 17.1 Å². The minimum atomic E-state index is 1.07. The Balaban J connectivity index is 0.998. The summed E-state index contributed by atoms with van der Waals surface area (Å²) in [5.74, 6) is 0. The predicted molar refractivity (Wildman–Crippen MR) is 305 cm³/mol. The van der Waals surface area contributed by atoms with Gasteiger partial charge in [-0.1, -0.05) is 206 Å². The molecular formula is C68H46N2S. The Morgan fingerprint density at radius 1 is 0.239 bits per heavy atom. The van der Waals surface area contributed by atoms with Crippen LogP contribution < -0.4 is 9.80 Å². The van der Waals surface area contributed by atoms with E-state index >= 15 is 0 Å². The molecule has 334 valence electrons. The summed E-state index contributed by atoms with van der Waals surface area (Å²) in [7, 11) is 0. The normalized spacial score (nSPS) is 11.4. The third-order valence-corrected chi connectivity index (χ3v) is 15.0. The summed E-state index contributed by atoms with van der Waals surface area (Å²) in [6, 6.07) is 102. The fraction of sp³-hybridized carbons (Fsp3) is 0. The molecule has 2 nitrogen and oxygen atoms in total. The Bertz CT molecular complexity index is 4050. The maximum Gasteiger partial charge on any atom is 0.0555 e. The first kappa shape index (κ1) is 42.1. The molecule has 0 aliphatic heterocycles. The van der Waals surface area contributed by atoms with Gasteiger partial charge in [0.2, 0.25) is 0 Å². The van der Waals surface area contributed by atoms with Crippen LogP contribution in [0, 0.1) is 0 Å². The number of hydrogen-bond acceptors (Lipinski definition) is 3. The molecule has 0 aliphatic rings. The van der Waals surface area contributed by atoms with Crippen molar-refractivity contribution in [3.8, 4) is 44.5 Å². The lowest BCUT2D eigenvalue weighted by atomic mass is 9.96. The number of rotatable bonds is 10. The van der Waals surface area contributed by atoms with Crippen molar-refractivity contribution in [1.82, 2.24) is 0 Å². The van der Waals surface area contributed by atoms with Crippen LogP contribution in [0.2, 0.25) is 0 Å². The highest BCUT2D eigenvalue weighted by atomic mass is 32.1. The molecule has 0 saturated heterocycles. The van der Waals surface area contributed by atoms with E-state index in [2.05, 4.69) is 289 Å². The summed E-state index contributed by atoms with van der Waals surface area (Å²) in [6.45, 7) is 0. The van der Waals surface area contributed by atoms with Crippen LogP contribution in [0.1, 0.15) is 0 Å². The summed E-state index contributed by atoms with van der Waals surface area (Å²) in [4.78, 5) is 4.92. The van der Waals surface area contributed by atoms with E-state index < -0.39 is 0 Å². The summed E-state index contributed by atoms with van der Waals surface area (Å²) in [6.07, 6.45) is 0. The van der Waals surface area contributed by atoms with Gasteiger partial charge in [0.1, 0.15) is 0 Å². The summed E-state index contributed by atoms with van der Waals surface area (Å²) in [5.41, 5.74) is 15.9. The summed E-state index contributed by atoms with van der Waals surface area (Å²) < 4.78 is 2.54. The highest BCUT2D eigenvalue weighted by Gasteiger charge is 2.25. The molecule has 13 aromatic rings. The van der Waals surface area contributed by atoms with Gasteiger partial charge < -0.3 is 9.80 Å². The third-order valence-electron chi connectivity index (χ3n) is 13.8. The molecule has 0 saturated carbocycles. The highest BCUT2D eigenvalue weighted by molar-refractivity contribution is 7.26. The molecular weight excluding hydrogens is 877 g/mol. The molecule has 0 unspecified atom stereocenters. The van der Waals surface area contributed by atoms with Crippen molar-refractivity contribution in [2.24, 2.45) is 0 Å². The number of anilines is 6.